The van der Waals surface area contributed by atoms with Crippen molar-refractivity contribution in [2.24, 2.45) is 0 Å². The van der Waals surface area contributed by atoms with Crippen LogP contribution in [0.4, 0.5) is 5.69 Å². The average Bonchev–Trinajstić information content (AvgIpc) is 2.76. The molecule has 100 valence electrons. The lowest BCUT2D eigenvalue weighted by Crippen LogP contribution is -2.30. The maximum Gasteiger partial charge on any atom is 0.238 e. The molecule has 1 fully saturated rings. The number of amides is 1. The van der Waals surface area contributed by atoms with Gasteiger partial charge in [0.2, 0.25) is 5.91 Å². The summed E-state index contributed by atoms with van der Waals surface area (Å²) in [6.07, 6.45) is 2.42. The number of rotatable bonds is 3. The minimum atomic E-state index is 0. The smallest absolute Gasteiger partial charge is 0.238 e. The maximum atomic E-state index is 11.8. The molecule has 1 heterocycles. The quantitative estimate of drug-likeness (QED) is 0.921. The van der Waals surface area contributed by atoms with Crippen molar-refractivity contribution in [2.45, 2.75) is 19.8 Å². The molecule has 1 aliphatic heterocycles. The highest BCUT2D eigenvalue weighted by Gasteiger charge is 2.15. The van der Waals surface area contributed by atoms with Crippen molar-refractivity contribution in [2.75, 3.05) is 25.0 Å². The second kappa shape index (κ2) is 7.12. The van der Waals surface area contributed by atoms with Crippen molar-refractivity contribution in [1.82, 2.24) is 4.90 Å². The van der Waals surface area contributed by atoms with Gasteiger partial charge in [0.25, 0.3) is 0 Å². The lowest BCUT2D eigenvalue weighted by molar-refractivity contribution is -0.117. The van der Waals surface area contributed by atoms with E-state index in [4.69, 9.17) is 0 Å². The van der Waals surface area contributed by atoms with Crippen LogP contribution in [0, 0.1) is 6.92 Å². The summed E-state index contributed by atoms with van der Waals surface area (Å²) in [5.41, 5.74) is 2.02. The van der Waals surface area contributed by atoms with Crippen molar-refractivity contribution < 1.29 is 4.79 Å². The maximum absolute atomic E-state index is 11.8. The number of nitrogens with zero attached hydrogens (tertiary/aromatic N) is 1. The first-order valence-corrected chi connectivity index (χ1v) is 6.73. The molecular formula is C13H18BrClN2O. The van der Waals surface area contributed by atoms with Gasteiger partial charge in [0, 0.05) is 10.2 Å². The number of carbonyl (C=O) groups is 1. The van der Waals surface area contributed by atoms with Gasteiger partial charge in [-0.1, -0.05) is 22.0 Å². The molecule has 0 bridgehead atoms. The van der Waals surface area contributed by atoms with E-state index >= 15 is 0 Å². The molecule has 0 unspecified atom stereocenters. The van der Waals surface area contributed by atoms with Crippen LogP contribution in [0.2, 0.25) is 0 Å². The van der Waals surface area contributed by atoms with Crippen LogP contribution in [-0.2, 0) is 4.79 Å². The molecular weight excluding hydrogens is 316 g/mol. The molecule has 0 radical (unpaired) electrons. The van der Waals surface area contributed by atoms with E-state index in [1.165, 1.54) is 18.4 Å². The van der Waals surface area contributed by atoms with Crippen LogP contribution >= 0.6 is 28.3 Å². The Morgan fingerprint density at radius 1 is 1.39 bits per heavy atom. The molecule has 1 saturated heterocycles. The monoisotopic (exact) mass is 332 g/mol. The number of likely N-dealkylation sites (tertiary alicyclic amines) is 1. The molecule has 18 heavy (non-hydrogen) atoms. The van der Waals surface area contributed by atoms with E-state index < -0.39 is 0 Å². The highest BCUT2D eigenvalue weighted by molar-refractivity contribution is 9.10. The molecule has 0 saturated carbocycles. The van der Waals surface area contributed by atoms with Crippen LogP contribution in [0.1, 0.15) is 18.4 Å². The molecule has 1 amide bonds. The van der Waals surface area contributed by atoms with E-state index in [0.717, 1.165) is 23.2 Å². The third-order valence-electron chi connectivity index (χ3n) is 3.02. The van der Waals surface area contributed by atoms with E-state index in [2.05, 4.69) is 26.1 Å². The number of nitrogens with one attached hydrogen (secondary N) is 1. The number of halogens is 2. The first kappa shape index (κ1) is 15.5. The number of anilines is 1. The van der Waals surface area contributed by atoms with Crippen molar-refractivity contribution in [3.8, 4) is 0 Å². The fourth-order valence-electron chi connectivity index (χ4n) is 2.01. The van der Waals surface area contributed by atoms with E-state index in [1.54, 1.807) is 0 Å². The summed E-state index contributed by atoms with van der Waals surface area (Å²) >= 11 is 3.46. The lowest BCUT2D eigenvalue weighted by Gasteiger charge is -2.14. The number of aryl methyl sites for hydroxylation is 1. The van der Waals surface area contributed by atoms with Crippen LogP contribution < -0.4 is 5.32 Å². The van der Waals surface area contributed by atoms with Crippen LogP contribution in [0.15, 0.2) is 22.7 Å². The Morgan fingerprint density at radius 2 is 2.06 bits per heavy atom. The Labute approximate surface area is 122 Å². The van der Waals surface area contributed by atoms with Gasteiger partial charge in [-0.2, -0.15) is 0 Å². The third kappa shape index (κ3) is 4.26. The summed E-state index contributed by atoms with van der Waals surface area (Å²) in [6.45, 7) is 4.63. The molecule has 1 aromatic carbocycles. The summed E-state index contributed by atoms with van der Waals surface area (Å²) in [4.78, 5) is 14.0. The molecule has 0 aliphatic carbocycles. The summed E-state index contributed by atoms with van der Waals surface area (Å²) < 4.78 is 1.02. The van der Waals surface area contributed by atoms with Crippen molar-refractivity contribution in [1.29, 1.82) is 0 Å². The van der Waals surface area contributed by atoms with Crippen LogP contribution in [0.25, 0.3) is 0 Å². The Bertz CT molecular complexity index is 419. The Balaban J connectivity index is 0.00000162. The summed E-state index contributed by atoms with van der Waals surface area (Å²) in [7, 11) is 0. The molecule has 1 aliphatic rings. The highest BCUT2D eigenvalue weighted by atomic mass is 79.9. The summed E-state index contributed by atoms with van der Waals surface area (Å²) in [5, 5.41) is 2.93. The number of carbonyl (C=O) groups excluding carboxylic acids is 1. The first-order chi connectivity index (χ1) is 8.15. The Kier molecular flexibility index (Phi) is 6.12. The van der Waals surface area contributed by atoms with Gasteiger partial charge in [-0.05, 0) is 50.6 Å². The van der Waals surface area contributed by atoms with Gasteiger partial charge in [-0.3, -0.25) is 9.69 Å². The highest BCUT2D eigenvalue weighted by Crippen LogP contribution is 2.20. The molecule has 1 N–H and O–H groups in total. The fraction of sp³-hybridized carbons (Fsp3) is 0.462. The molecule has 0 aromatic heterocycles. The summed E-state index contributed by atoms with van der Waals surface area (Å²) in [6, 6.07) is 5.87. The zero-order valence-corrected chi connectivity index (χ0v) is 12.8. The molecule has 3 nitrogen and oxygen atoms in total. The third-order valence-corrected chi connectivity index (χ3v) is 3.88. The van der Waals surface area contributed by atoms with Crippen LogP contribution in [-0.4, -0.2) is 30.4 Å². The van der Waals surface area contributed by atoms with Gasteiger partial charge >= 0.3 is 0 Å². The zero-order chi connectivity index (χ0) is 12.3. The largest absolute Gasteiger partial charge is 0.325 e. The minimum Gasteiger partial charge on any atom is -0.325 e. The fourth-order valence-corrected chi connectivity index (χ4v) is 2.39. The van der Waals surface area contributed by atoms with Crippen molar-refractivity contribution in [3.63, 3.8) is 0 Å². The number of hydrogen-bond acceptors (Lipinski definition) is 2. The Hall–Kier alpha value is -0.580. The predicted octanol–water partition coefficient (Wildman–Crippen LogP) is 3.21. The first-order valence-electron chi connectivity index (χ1n) is 5.93. The van der Waals surface area contributed by atoms with Crippen LogP contribution in [0.3, 0.4) is 0 Å². The van der Waals surface area contributed by atoms with Gasteiger partial charge in [0.1, 0.15) is 0 Å². The number of benzene rings is 1. The molecule has 2 rings (SSSR count). The topological polar surface area (TPSA) is 32.3 Å². The van der Waals surface area contributed by atoms with Gasteiger partial charge in [-0.15, -0.1) is 12.4 Å². The van der Waals surface area contributed by atoms with Crippen molar-refractivity contribution in [3.05, 3.63) is 28.2 Å². The van der Waals surface area contributed by atoms with Gasteiger partial charge in [0.05, 0.1) is 6.54 Å². The zero-order valence-electron chi connectivity index (χ0n) is 10.4. The standard InChI is InChI=1S/C13H17BrN2O.ClH/c1-10-4-5-11(8-12(10)14)15-13(17)9-16-6-2-3-7-16;/h4-5,8H,2-3,6-7,9H2,1H3,(H,15,17);1H. The second-order valence-corrected chi connectivity index (χ2v) is 5.35. The van der Waals surface area contributed by atoms with Crippen LogP contribution in [0.5, 0.6) is 0 Å². The van der Waals surface area contributed by atoms with E-state index in [9.17, 15) is 4.79 Å². The van der Waals surface area contributed by atoms with Gasteiger partial charge < -0.3 is 5.32 Å². The van der Waals surface area contributed by atoms with E-state index in [0.29, 0.717) is 6.54 Å². The minimum absolute atomic E-state index is 0. The number of hydrogen-bond donors (Lipinski definition) is 1. The van der Waals surface area contributed by atoms with E-state index in [-0.39, 0.29) is 18.3 Å². The van der Waals surface area contributed by atoms with Gasteiger partial charge in [-0.25, -0.2) is 0 Å². The molecule has 0 atom stereocenters. The molecule has 1 aromatic rings. The second-order valence-electron chi connectivity index (χ2n) is 4.50. The summed E-state index contributed by atoms with van der Waals surface area (Å²) in [5.74, 6) is 0.0719. The molecule has 0 spiro atoms. The molecule has 5 heteroatoms. The predicted molar refractivity (Wildman–Crippen MR) is 80.4 cm³/mol. The average molecular weight is 334 g/mol. The Morgan fingerprint density at radius 3 is 2.67 bits per heavy atom. The van der Waals surface area contributed by atoms with Crippen molar-refractivity contribution >= 4 is 39.9 Å². The van der Waals surface area contributed by atoms with Gasteiger partial charge in [0.15, 0.2) is 0 Å². The SMILES string of the molecule is Cc1ccc(NC(=O)CN2CCCC2)cc1Br.Cl. The lowest BCUT2D eigenvalue weighted by atomic mass is 10.2. The van der Waals surface area contributed by atoms with E-state index in [1.807, 2.05) is 25.1 Å². The normalized spacial score (nSPS) is 15.2.